The highest BCUT2D eigenvalue weighted by Crippen LogP contribution is 2.30. The van der Waals surface area contributed by atoms with Gasteiger partial charge in [-0.3, -0.25) is 0 Å². The van der Waals surface area contributed by atoms with E-state index in [-0.39, 0.29) is 0 Å². The smallest absolute Gasteiger partial charge is 0.0655 e. The Morgan fingerprint density at radius 1 is 1.45 bits per heavy atom. The van der Waals surface area contributed by atoms with Crippen molar-refractivity contribution in [1.29, 1.82) is 5.26 Å². The second-order valence-corrected chi connectivity index (χ2v) is 3.62. The summed E-state index contributed by atoms with van der Waals surface area (Å²) in [6, 6.07) is 2.38. The second kappa shape index (κ2) is 4.38. The third-order valence-corrected chi connectivity index (χ3v) is 2.77. The molecule has 1 heteroatoms. The maximum atomic E-state index is 8.74. The van der Waals surface area contributed by atoms with Crippen LogP contribution >= 0.6 is 0 Å². The lowest BCUT2D eigenvalue weighted by Gasteiger charge is -2.11. The maximum absolute atomic E-state index is 8.74. The second-order valence-electron chi connectivity index (χ2n) is 3.62. The molecule has 1 saturated carbocycles. The lowest BCUT2D eigenvalue weighted by molar-refractivity contribution is 0.424. The molecule has 0 amide bonds. The van der Waals surface area contributed by atoms with Gasteiger partial charge in [-0.25, -0.2) is 0 Å². The Bertz CT molecular complexity index is 139. The number of rotatable bonds is 3. The zero-order chi connectivity index (χ0) is 8.10. The molecule has 1 aliphatic carbocycles. The quantitative estimate of drug-likeness (QED) is 0.608. The van der Waals surface area contributed by atoms with Gasteiger partial charge in [-0.1, -0.05) is 32.6 Å². The number of nitriles is 1. The van der Waals surface area contributed by atoms with Crippen molar-refractivity contribution in [2.75, 3.05) is 0 Å². The maximum Gasteiger partial charge on any atom is 0.0655 e. The van der Waals surface area contributed by atoms with Crippen LogP contribution < -0.4 is 0 Å². The third kappa shape index (κ3) is 2.54. The van der Waals surface area contributed by atoms with Crippen molar-refractivity contribution < 1.29 is 0 Å². The van der Waals surface area contributed by atoms with E-state index >= 15 is 0 Å². The molecular formula is C10H17N. The summed E-state index contributed by atoms with van der Waals surface area (Å²) in [4.78, 5) is 0. The van der Waals surface area contributed by atoms with E-state index in [9.17, 15) is 0 Å². The first-order chi connectivity index (χ1) is 5.36. The first-order valence-corrected chi connectivity index (χ1v) is 4.76. The van der Waals surface area contributed by atoms with Crippen LogP contribution in [-0.2, 0) is 0 Å². The molecule has 1 atom stereocenters. The van der Waals surface area contributed by atoms with Crippen LogP contribution in [0.25, 0.3) is 0 Å². The van der Waals surface area contributed by atoms with E-state index in [1.54, 1.807) is 0 Å². The van der Waals surface area contributed by atoms with Crippen LogP contribution in [0.15, 0.2) is 0 Å². The first-order valence-electron chi connectivity index (χ1n) is 4.76. The molecule has 62 valence electrons. The van der Waals surface area contributed by atoms with Crippen LogP contribution in [0.2, 0.25) is 0 Å². The lowest BCUT2D eigenvalue weighted by Crippen LogP contribution is -2.02. The summed E-state index contributed by atoms with van der Waals surface area (Å²) in [7, 11) is 0. The Hall–Kier alpha value is -0.510. The summed E-state index contributed by atoms with van der Waals surface area (Å²) in [6.45, 7) is 2.11. The molecule has 0 aliphatic heterocycles. The van der Waals surface area contributed by atoms with Gasteiger partial charge < -0.3 is 0 Å². The Kier molecular flexibility index (Phi) is 3.42. The Morgan fingerprint density at radius 3 is 2.55 bits per heavy atom. The fraction of sp³-hybridized carbons (Fsp3) is 0.900. The van der Waals surface area contributed by atoms with Crippen LogP contribution in [0, 0.1) is 23.2 Å². The summed E-state index contributed by atoms with van der Waals surface area (Å²) in [5.41, 5.74) is 0. The molecule has 1 nitrogen and oxygen atoms in total. The molecule has 0 saturated heterocycles. The van der Waals surface area contributed by atoms with Gasteiger partial charge >= 0.3 is 0 Å². The highest BCUT2D eigenvalue weighted by atomic mass is 14.3. The van der Waals surface area contributed by atoms with Crippen molar-refractivity contribution in [3.63, 3.8) is 0 Å². The zero-order valence-electron chi connectivity index (χ0n) is 7.34. The van der Waals surface area contributed by atoms with Gasteiger partial charge in [0.2, 0.25) is 0 Å². The van der Waals surface area contributed by atoms with E-state index in [1.807, 2.05) is 0 Å². The molecule has 0 bridgehead atoms. The van der Waals surface area contributed by atoms with Crippen molar-refractivity contribution in [3.05, 3.63) is 0 Å². The fourth-order valence-corrected chi connectivity index (χ4v) is 1.96. The van der Waals surface area contributed by atoms with E-state index in [2.05, 4.69) is 13.0 Å². The van der Waals surface area contributed by atoms with E-state index in [4.69, 9.17) is 5.26 Å². The first kappa shape index (κ1) is 8.59. The van der Waals surface area contributed by atoms with E-state index in [1.165, 1.54) is 25.7 Å². The average molecular weight is 151 g/mol. The zero-order valence-corrected chi connectivity index (χ0v) is 7.34. The molecule has 1 fully saturated rings. The summed E-state index contributed by atoms with van der Waals surface area (Å²) in [5, 5.41) is 8.74. The number of hydrogen-bond acceptors (Lipinski definition) is 1. The predicted octanol–water partition coefficient (Wildman–Crippen LogP) is 3.12. The van der Waals surface area contributed by atoms with Gasteiger partial charge in [0, 0.05) is 5.92 Å². The number of nitrogens with zero attached hydrogens (tertiary/aromatic N) is 1. The molecule has 1 rings (SSSR count). The monoisotopic (exact) mass is 151 g/mol. The predicted molar refractivity (Wildman–Crippen MR) is 46.0 cm³/mol. The van der Waals surface area contributed by atoms with Gasteiger partial charge in [0.15, 0.2) is 0 Å². The highest BCUT2D eigenvalue weighted by Gasteiger charge is 2.18. The molecular weight excluding hydrogens is 134 g/mol. The molecule has 0 aromatic rings. The molecule has 0 aromatic heterocycles. The minimum absolute atomic E-state index is 0.332. The third-order valence-electron chi connectivity index (χ3n) is 2.77. The van der Waals surface area contributed by atoms with Crippen LogP contribution in [0.1, 0.15) is 45.4 Å². The van der Waals surface area contributed by atoms with Gasteiger partial charge in [0.05, 0.1) is 6.07 Å². The minimum Gasteiger partial charge on any atom is -0.198 e. The average Bonchev–Trinajstić information content (AvgIpc) is 2.52. The Balaban J connectivity index is 2.23. The van der Waals surface area contributed by atoms with E-state index < -0.39 is 0 Å². The summed E-state index contributed by atoms with van der Waals surface area (Å²) < 4.78 is 0. The molecule has 0 radical (unpaired) electrons. The van der Waals surface area contributed by atoms with Crippen molar-refractivity contribution in [1.82, 2.24) is 0 Å². The molecule has 1 aliphatic rings. The van der Waals surface area contributed by atoms with Gasteiger partial charge in [0.1, 0.15) is 0 Å². The largest absolute Gasteiger partial charge is 0.198 e. The summed E-state index contributed by atoms with van der Waals surface area (Å²) in [5.74, 6) is 1.21. The van der Waals surface area contributed by atoms with E-state index in [0.29, 0.717) is 5.92 Å². The van der Waals surface area contributed by atoms with Gasteiger partial charge in [0.25, 0.3) is 0 Å². The topological polar surface area (TPSA) is 23.8 Å². The lowest BCUT2D eigenvalue weighted by atomic mass is 9.93. The van der Waals surface area contributed by atoms with Crippen molar-refractivity contribution in [2.45, 2.75) is 45.4 Å². The highest BCUT2D eigenvalue weighted by molar-refractivity contribution is 4.84. The molecule has 11 heavy (non-hydrogen) atoms. The van der Waals surface area contributed by atoms with Gasteiger partial charge in [-0.15, -0.1) is 0 Å². The summed E-state index contributed by atoms with van der Waals surface area (Å²) >= 11 is 0. The van der Waals surface area contributed by atoms with Crippen molar-refractivity contribution in [3.8, 4) is 6.07 Å². The Labute approximate surface area is 69.4 Å². The normalized spacial score (nSPS) is 21.5. The number of hydrogen-bond donors (Lipinski definition) is 0. The van der Waals surface area contributed by atoms with Crippen molar-refractivity contribution in [2.24, 2.45) is 11.8 Å². The van der Waals surface area contributed by atoms with E-state index in [0.717, 1.165) is 18.8 Å². The van der Waals surface area contributed by atoms with Crippen LogP contribution in [0.4, 0.5) is 0 Å². The van der Waals surface area contributed by atoms with Crippen molar-refractivity contribution >= 4 is 0 Å². The van der Waals surface area contributed by atoms with Crippen LogP contribution in [0.3, 0.4) is 0 Å². The van der Waals surface area contributed by atoms with Gasteiger partial charge in [-0.2, -0.15) is 5.26 Å². The SMILES string of the molecule is CCC(C#N)CC1CCCC1. The molecule has 0 aromatic carbocycles. The molecule has 0 N–H and O–H groups in total. The molecule has 0 spiro atoms. The Morgan fingerprint density at radius 2 is 2.09 bits per heavy atom. The summed E-state index contributed by atoms with van der Waals surface area (Å²) in [6.07, 6.45) is 7.73. The molecule has 0 heterocycles. The molecule has 1 unspecified atom stereocenters. The minimum atomic E-state index is 0.332. The van der Waals surface area contributed by atoms with Crippen LogP contribution in [0.5, 0.6) is 0 Å². The van der Waals surface area contributed by atoms with Crippen LogP contribution in [-0.4, -0.2) is 0 Å². The fourth-order valence-electron chi connectivity index (χ4n) is 1.96. The standard InChI is InChI=1S/C10H17N/c1-2-9(8-11)7-10-5-3-4-6-10/h9-10H,2-7H2,1H3. The van der Waals surface area contributed by atoms with Gasteiger partial charge in [-0.05, 0) is 18.8 Å².